The van der Waals surface area contributed by atoms with Crippen LogP contribution < -0.4 is 10.1 Å². The van der Waals surface area contributed by atoms with E-state index in [1.807, 2.05) is 0 Å². The molecule has 0 radical (unpaired) electrons. The quantitative estimate of drug-likeness (QED) is 0.725. The number of hydrogen-bond donors (Lipinski definition) is 1. The molecule has 33 heavy (non-hydrogen) atoms. The summed E-state index contributed by atoms with van der Waals surface area (Å²) in [6.07, 6.45) is -4.45. The highest BCUT2D eigenvalue weighted by atomic mass is 19.4. The van der Waals surface area contributed by atoms with Gasteiger partial charge in [-0.25, -0.2) is 0 Å². The fourth-order valence-electron chi connectivity index (χ4n) is 3.79. The summed E-state index contributed by atoms with van der Waals surface area (Å²) in [7, 11) is 0. The summed E-state index contributed by atoms with van der Waals surface area (Å²) in [6.45, 7) is 1.22. The van der Waals surface area contributed by atoms with Crippen molar-refractivity contribution in [3.05, 3.63) is 41.7 Å². The average Bonchev–Trinajstić information content (AvgIpc) is 3.39. The van der Waals surface area contributed by atoms with Gasteiger partial charge in [-0.2, -0.15) is 13.2 Å². The molecule has 1 aromatic heterocycles. The largest absolute Gasteiger partial charge is 0.494 e. The minimum Gasteiger partial charge on any atom is -0.494 e. The number of carbonyl (C=O) groups is 2. The molecule has 1 saturated heterocycles. The first kappa shape index (κ1) is 23.0. The summed E-state index contributed by atoms with van der Waals surface area (Å²) in [6, 6.07) is 6.10. The lowest BCUT2D eigenvalue weighted by molar-refractivity contribution is -0.148. The van der Waals surface area contributed by atoms with E-state index in [1.165, 1.54) is 4.90 Å². The molecule has 0 aliphatic carbocycles. The zero-order valence-corrected chi connectivity index (χ0v) is 17.8. The van der Waals surface area contributed by atoms with Crippen molar-refractivity contribution in [2.75, 3.05) is 19.7 Å². The minimum absolute atomic E-state index is 0.0516. The van der Waals surface area contributed by atoms with Crippen LogP contribution in [0.1, 0.15) is 35.3 Å². The van der Waals surface area contributed by atoms with Crippen LogP contribution in [0, 0.1) is 0 Å². The van der Waals surface area contributed by atoms with Gasteiger partial charge in [-0.1, -0.05) is 11.3 Å². The summed E-state index contributed by atoms with van der Waals surface area (Å²) in [5, 5.41) is 11.0. The summed E-state index contributed by atoms with van der Waals surface area (Å²) in [5.74, 6) is -0.483. The van der Waals surface area contributed by atoms with Crippen molar-refractivity contribution in [1.29, 1.82) is 0 Å². The van der Waals surface area contributed by atoms with Crippen LogP contribution in [0.4, 0.5) is 13.2 Å². The van der Waals surface area contributed by atoms with E-state index in [-0.39, 0.29) is 25.6 Å². The Bertz CT molecular complexity index is 996. The van der Waals surface area contributed by atoms with E-state index in [0.717, 1.165) is 0 Å². The van der Waals surface area contributed by atoms with E-state index in [1.54, 1.807) is 35.1 Å². The third-order valence-corrected chi connectivity index (χ3v) is 5.49. The maximum atomic E-state index is 12.8. The standard InChI is InChI=1S/C21H24F3N5O4/c22-21(23,24)6-5-19(30)28-11-17-18(12-28)33-13-15-10-29(27-26-15)7-2-8-32-16-4-1-3-14(9-16)20(31)25-17/h1,3-4,9-10,17-18H,2,5-8,11-13H2,(H,25,31)/t17-,18-/m0/s1. The van der Waals surface area contributed by atoms with Crippen LogP contribution in [0.2, 0.25) is 0 Å². The average molecular weight is 467 g/mol. The number of ether oxygens (including phenoxy) is 2. The number of halogens is 3. The topological polar surface area (TPSA) is 98.6 Å². The predicted molar refractivity (Wildman–Crippen MR) is 108 cm³/mol. The van der Waals surface area contributed by atoms with E-state index in [9.17, 15) is 22.8 Å². The van der Waals surface area contributed by atoms with Crippen molar-refractivity contribution in [2.45, 2.75) is 50.7 Å². The van der Waals surface area contributed by atoms with Gasteiger partial charge in [0.1, 0.15) is 11.4 Å². The van der Waals surface area contributed by atoms with Crippen molar-refractivity contribution in [3.63, 3.8) is 0 Å². The number of aromatic nitrogens is 3. The van der Waals surface area contributed by atoms with Crippen LogP contribution in [-0.4, -0.2) is 69.7 Å². The Balaban J connectivity index is 1.51. The fraction of sp³-hybridized carbons (Fsp3) is 0.524. The Morgan fingerprint density at radius 1 is 1.27 bits per heavy atom. The third kappa shape index (κ3) is 6.21. The van der Waals surface area contributed by atoms with Crippen molar-refractivity contribution in [3.8, 4) is 5.75 Å². The van der Waals surface area contributed by atoms with Gasteiger partial charge in [-0.3, -0.25) is 14.3 Å². The second-order valence-corrected chi connectivity index (χ2v) is 8.05. The van der Waals surface area contributed by atoms with Crippen LogP contribution >= 0.6 is 0 Å². The minimum atomic E-state index is -4.42. The lowest BCUT2D eigenvalue weighted by Gasteiger charge is -2.20. The summed E-state index contributed by atoms with van der Waals surface area (Å²) in [4.78, 5) is 26.5. The van der Waals surface area contributed by atoms with Gasteiger partial charge in [-0.05, 0) is 18.2 Å². The number of likely N-dealkylation sites (tertiary alicyclic amines) is 1. The molecule has 3 heterocycles. The Labute approximate surface area is 187 Å². The van der Waals surface area contributed by atoms with Gasteiger partial charge in [0.2, 0.25) is 5.91 Å². The molecule has 178 valence electrons. The predicted octanol–water partition coefficient (Wildman–Crippen LogP) is 1.93. The smallest absolute Gasteiger partial charge is 0.389 e. The SMILES string of the molecule is O=C1N[C@H]2CN(C(=O)CCC(F)(F)F)C[C@@H]2OCc2cn(nn2)CCCOc2cccc1c2. The first-order chi connectivity index (χ1) is 15.8. The molecule has 1 fully saturated rings. The van der Waals surface area contributed by atoms with E-state index in [4.69, 9.17) is 9.47 Å². The van der Waals surface area contributed by atoms with E-state index < -0.39 is 37.1 Å². The van der Waals surface area contributed by atoms with Gasteiger partial charge in [0.05, 0.1) is 38.0 Å². The second kappa shape index (κ2) is 9.77. The molecular formula is C21H24F3N5O4. The molecule has 4 bridgehead atoms. The third-order valence-electron chi connectivity index (χ3n) is 5.49. The van der Waals surface area contributed by atoms with Gasteiger partial charge in [0, 0.05) is 38.0 Å². The molecule has 2 aliphatic heterocycles. The number of alkyl halides is 3. The zero-order valence-electron chi connectivity index (χ0n) is 17.8. The van der Waals surface area contributed by atoms with E-state index in [2.05, 4.69) is 15.6 Å². The van der Waals surface area contributed by atoms with Crippen molar-refractivity contribution < 1.29 is 32.2 Å². The fourth-order valence-corrected chi connectivity index (χ4v) is 3.79. The van der Waals surface area contributed by atoms with Crippen LogP contribution in [0.5, 0.6) is 5.75 Å². The van der Waals surface area contributed by atoms with Crippen LogP contribution in [0.3, 0.4) is 0 Å². The van der Waals surface area contributed by atoms with Crippen LogP contribution in [0.25, 0.3) is 0 Å². The number of nitrogens with zero attached hydrogens (tertiary/aromatic N) is 4. The molecule has 0 saturated carbocycles. The van der Waals surface area contributed by atoms with Gasteiger partial charge in [-0.15, -0.1) is 5.10 Å². The molecule has 0 spiro atoms. The van der Waals surface area contributed by atoms with Gasteiger partial charge in [0.15, 0.2) is 0 Å². The van der Waals surface area contributed by atoms with Crippen LogP contribution in [0.15, 0.2) is 30.5 Å². The molecule has 2 aromatic rings. The number of aryl methyl sites for hydroxylation is 1. The number of hydrogen-bond acceptors (Lipinski definition) is 6. The highest BCUT2D eigenvalue weighted by Crippen LogP contribution is 2.24. The van der Waals surface area contributed by atoms with Gasteiger partial charge < -0.3 is 19.7 Å². The highest BCUT2D eigenvalue weighted by molar-refractivity contribution is 5.95. The number of rotatable bonds is 2. The molecule has 4 rings (SSSR count). The van der Waals surface area contributed by atoms with Gasteiger partial charge >= 0.3 is 6.18 Å². The molecule has 12 heteroatoms. The van der Waals surface area contributed by atoms with E-state index in [0.29, 0.717) is 36.6 Å². The molecule has 2 aliphatic rings. The number of fused-ring (bicyclic) bond motifs is 5. The Morgan fingerprint density at radius 2 is 2.12 bits per heavy atom. The molecular weight excluding hydrogens is 443 g/mol. The maximum absolute atomic E-state index is 12.8. The number of benzene rings is 1. The second-order valence-electron chi connectivity index (χ2n) is 8.05. The van der Waals surface area contributed by atoms with Crippen molar-refractivity contribution >= 4 is 11.8 Å². The summed E-state index contributed by atoms with van der Waals surface area (Å²) in [5.41, 5.74) is 0.942. The Hall–Kier alpha value is -3.15. The number of carbonyl (C=O) groups excluding carboxylic acids is 2. The highest BCUT2D eigenvalue weighted by Gasteiger charge is 2.38. The molecule has 1 aromatic carbocycles. The maximum Gasteiger partial charge on any atom is 0.389 e. The lowest BCUT2D eigenvalue weighted by Crippen LogP contribution is -2.44. The lowest BCUT2D eigenvalue weighted by atomic mass is 10.1. The first-order valence-electron chi connectivity index (χ1n) is 10.7. The summed E-state index contributed by atoms with van der Waals surface area (Å²) < 4.78 is 50.9. The van der Waals surface area contributed by atoms with Crippen molar-refractivity contribution in [2.24, 2.45) is 0 Å². The molecule has 2 atom stereocenters. The Morgan fingerprint density at radius 3 is 2.94 bits per heavy atom. The first-order valence-corrected chi connectivity index (χ1v) is 10.7. The van der Waals surface area contributed by atoms with Crippen LogP contribution in [-0.2, 0) is 22.7 Å². The molecule has 2 amide bonds. The molecule has 9 nitrogen and oxygen atoms in total. The van der Waals surface area contributed by atoms with Gasteiger partial charge in [0.25, 0.3) is 5.91 Å². The molecule has 0 unspecified atom stereocenters. The Kier molecular flexibility index (Phi) is 6.82. The molecule has 1 N–H and O–H groups in total. The normalized spacial score (nSPS) is 21.8. The zero-order chi connectivity index (χ0) is 23.4. The number of amides is 2. The summed E-state index contributed by atoms with van der Waals surface area (Å²) >= 11 is 0. The van der Waals surface area contributed by atoms with Crippen molar-refractivity contribution in [1.82, 2.24) is 25.2 Å². The van der Waals surface area contributed by atoms with E-state index >= 15 is 0 Å². The number of nitrogens with one attached hydrogen (secondary N) is 1. The monoisotopic (exact) mass is 467 g/mol.